The lowest BCUT2D eigenvalue weighted by molar-refractivity contribution is -0.0735. The maximum atomic E-state index is 11.6. The van der Waals surface area contributed by atoms with E-state index in [1.54, 1.807) is 7.05 Å². The minimum Gasteiger partial charge on any atom is -0.394 e. The van der Waals surface area contributed by atoms with Crippen LogP contribution in [0.15, 0.2) is 0 Å². The number of hydrogen-bond acceptors (Lipinski definition) is 5. The van der Waals surface area contributed by atoms with E-state index in [1.165, 1.54) is 9.80 Å². The zero-order valence-corrected chi connectivity index (χ0v) is 9.37. The van der Waals surface area contributed by atoms with Gasteiger partial charge < -0.3 is 19.8 Å². The van der Waals surface area contributed by atoms with Crippen molar-refractivity contribution in [3.05, 3.63) is 0 Å². The third-order valence-corrected chi connectivity index (χ3v) is 2.92. The molecule has 0 aliphatic carbocycles. The summed E-state index contributed by atoms with van der Waals surface area (Å²) >= 11 is 0. The highest BCUT2D eigenvalue weighted by Gasteiger charge is 2.41. The van der Waals surface area contributed by atoms with Crippen LogP contribution < -0.4 is 5.32 Å². The Bertz CT molecular complexity index is 337. The number of rotatable bonds is 2. The number of hydrogen-bond donors (Lipinski definition) is 3. The monoisotopic (exact) mass is 245 g/mol. The number of urea groups is 2. The van der Waals surface area contributed by atoms with E-state index < -0.39 is 30.5 Å². The Morgan fingerprint density at radius 2 is 2.18 bits per heavy atom. The predicted molar refractivity (Wildman–Crippen MR) is 54.8 cm³/mol. The summed E-state index contributed by atoms with van der Waals surface area (Å²) in [5.74, 6) is 0. The normalized spacial score (nSPS) is 34.2. The molecule has 0 unspecified atom stereocenters. The number of amides is 4. The molecule has 3 N–H and O–H groups in total. The first-order chi connectivity index (χ1) is 8.02. The number of carbonyl (C=O) groups is 2. The molecule has 2 rings (SSSR count). The Balaban J connectivity index is 2.03. The number of aliphatic hydroxyl groups excluding tert-OH is 2. The fourth-order valence-corrected chi connectivity index (χ4v) is 1.91. The van der Waals surface area contributed by atoms with Gasteiger partial charge in [-0.1, -0.05) is 0 Å². The number of nitrogens with zero attached hydrogens (tertiary/aromatic N) is 2. The van der Waals surface area contributed by atoms with Crippen molar-refractivity contribution in [2.75, 3.05) is 20.3 Å². The van der Waals surface area contributed by atoms with Crippen LogP contribution in [0.25, 0.3) is 0 Å². The molecule has 0 aromatic rings. The van der Waals surface area contributed by atoms with Crippen LogP contribution in [-0.4, -0.2) is 70.8 Å². The van der Waals surface area contributed by atoms with Crippen LogP contribution in [0.1, 0.15) is 6.42 Å². The molecule has 2 heterocycles. The van der Waals surface area contributed by atoms with Gasteiger partial charge in [-0.15, -0.1) is 0 Å². The number of nitrogens with one attached hydrogen (secondary N) is 1. The van der Waals surface area contributed by atoms with E-state index in [9.17, 15) is 14.7 Å². The van der Waals surface area contributed by atoms with Crippen LogP contribution in [0.4, 0.5) is 9.59 Å². The standard InChI is InChI=1S/C9H15N3O5/c1-11-4-12(9(16)10-8(11)15)7-2-5(14)6(3-13)17-7/h5-7,13-14H,2-4H2,1H3,(H,10,15,16)/t5-,6+,7+/m0/s1. The highest BCUT2D eigenvalue weighted by molar-refractivity contribution is 5.95. The quantitative estimate of drug-likeness (QED) is 0.549. The second-order valence-electron chi connectivity index (χ2n) is 4.16. The van der Waals surface area contributed by atoms with Gasteiger partial charge in [-0.05, 0) is 0 Å². The summed E-state index contributed by atoms with van der Waals surface area (Å²) in [6.45, 7) is -0.206. The summed E-state index contributed by atoms with van der Waals surface area (Å²) in [5.41, 5.74) is 0. The van der Waals surface area contributed by atoms with E-state index in [-0.39, 0.29) is 19.7 Å². The van der Waals surface area contributed by atoms with Crippen molar-refractivity contribution >= 4 is 12.1 Å². The Labute approximate surface area is 97.7 Å². The molecule has 0 aromatic heterocycles. The van der Waals surface area contributed by atoms with E-state index in [1.807, 2.05) is 0 Å². The topological polar surface area (TPSA) is 102 Å². The van der Waals surface area contributed by atoms with Gasteiger partial charge in [-0.2, -0.15) is 0 Å². The largest absolute Gasteiger partial charge is 0.394 e. The molecule has 2 aliphatic rings. The molecule has 0 spiro atoms. The van der Waals surface area contributed by atoms with Crippen LogP contribution in [0.2, 0.25) is 0 Å². The summed E-state index contributed by atoms with van der Waals surface area (Å²) < 4.78 is 5.34. The molecule has 4 amide bonds. The van der Waals surface area contributed by atoms with E-state index >= 15 is 0 Å². The number of imide groups is 1. The molecule has 2 saturated heterocycles. The SMILES string of the molecule is CN1CN([C@H]2C[C@H](O)[C@@H](CO)O2)C(=O)NC1=O. The first-order valence-electron chi connectivity index (χ1n) is 5.30. The first kappa shape index (κ1) is 12.1. The van der Waals surface area contributed by atoms with Crippen molar-refractivity contribution in [2.45, 2.75) is 24.9 Å². The van der Waals surface area contributed by atoms with Crippen LogP contribution in [-0.2, 0) is 4.74 Å². The molecular weight excluding hydrogens is 230 g/mol. The third-order valence-electron chi connectivity index (χ3n) is 2.92. The van der Waals surface area contributed by atoms with Gasteiger partial charge in [0.15, 0.2) is 0 Å². The summed E-state index contributed by atoms with van der Waals surface area (Å²) in [5, 5.41) is 20.7. The molecule has 2 aliphatic heterocycles. The number of aliphatic hydroxyl groups is 2. The maximum Gasteiger partial charge on any atom is 0.328 e. The number of carbonyl (C=O) groups excluding carboxylic acids is 2. The smallest absolute Gasteiger partial charge is 0.328 e. The molecule has 0 radical (unpaired) electrons. The predicted octanol–water partition coefficient (Wildman–Crippen LogP) is -1.51. The Kier molecular flexibility index (Phi) is 3.18. The van der Waals surface area contributed by atoms with Gasteiger partial charge in [-0.3, -0.25) is 10.2 Å². The lowest BCUT2D eigenvalue weighted by atomic mass is 10.2. The summed E-state index contributed by atoms with van der Waals surface area (Å²) in [4.78, 5) is 25.4. The van der Waals surface area contributed by atoms with Crippen molar-refractivity contribution in [2.24, 2.45) is 0 Å². The third kappa shape index (κ3) is 2.19. The van der Waals surface area contributed by atoms with Crippen LogP contribution in [0.3, 0.4) is 0 Å². The minimum atomic E-state index is -0.805. The van der Waals surface area contributed by atoms with Crippen molar-refractivity contribution in [1.29, 1.82) is 0 Å². The van der Waals surface area contributed by atoms with Crippen molar-refractivity contribution in [3.8, 4) is 0 Å². The lowest BCUT2D eigenvalue weighted by Gasteiger charge is -2.36. The summed E-state index contributed by atoms with van der Waals surface area (Å²) in [7, 11) is 1.55. The molecule has 2 fully saturated rings. The molecular formula is C9H15N3O5. The van der Waals surface area contributed by atoms with E-state index in [2.05, 4.69) is 5.32 Å². The highest BCUT2D eigenvalue weighted by atomic mass is 16.5. The molecule has 8 heteroatoms. The summed E-state index contributed by atoms with van der Waals surface area (Å²) in [6.07, 6.45) is -1.89. The van der Waals surface area contributed by atoms with Gasteiger partial charge >= 0.3 is 12.1 Å². The van der Waals surface area contributed by atoms with Crippen LogP contribution >= 0.6 is 0 Å². The second-order valence-corrected chi connectivity index (χ2v) is 4.16. The molecule has 96 valence electrons. The Morgan fingerprint density at radius 3 is 2.76 bits per heavy atom. The van der Waals surface area contributed by atoms with E-state index in [0.29, 0.717) is 0 Å². The first-order valence-corrected chi connectivity index (χ1v) is 5.30. The van der Waals surface area contributed by atoms with Crippen molar-refractivity contribution in [3.63, 3.8) is 0 Å². The zero-order valence-electron chi connectivity index (χ0n) is 9.37. The summed E-state index contributed by atoms with van der Waals surface area (Å²) in [6, 6.07) is -1.02. The second kappa shape index (κ2) is 4.47. The van der Waals surface area contributed by atoms with Gasteiger partial charge in [0.05, 0.1) is 12.7 Å². The average molecular weight is 245 g/mol. The lowest BCUT2D eigenvalue weighted by Crippen LogP contribution is -2.60. The molecule has 3 atom stereocenters. The minimum absolute atomic E-state index is 0.0974. The van der Waals surface area contributed by atoms with Gasteiger partial charge in [0.25, 0.3) is 0 Å². The zero-order chi connectivity index (χ0) is 12.6. The molecule has 17 heavy (non-hydrogen) atoms. The van der Waals surface area contributed by atoms with Gasteiger partial charge in [0.2, 0.25) is 0 Å². The van der Waals surface area contributed by atoms with Gasteiger partial charge in [0, 0.05) is 13.5 Å². The van der Waals surface area contributed by atoms with Gasteiger partial charge in [-0.25, -0.2) is 9.59 Å². The van der Waals surface area contributed by atoms with Crippen molar-refractivity contribution < 1.29 is 24.5 Å². The Morgan fingerprint density at radius 1 is 1.47 bits per heavy atom. The highest BCUT2D eigenvalue weighted by Crippen LogP contribution is 2.24. The fourth-order valence-electron chi connectivity index (χ4n) is 1.91. The van der Waals surface area contributed by atoms with Crippen LogP contribution in [0, 0.1) is 0 Å². The van der Waals surface area contributed by atoms with Crippen LogP contribution in [0.5, 0.6) is 0 Å². The fraction of sp³-hybridized carbons (Fsp3) is 0.778. The number of ether oxygens (including phenoxy) is 1. The molecule has 0 bridgehead atoms. The van der Waals surface area contributed by atoms with Gasteiger partial charge in [0.1, 0.15) is 19.0 Å². The molecule has 8 nitrogen and oxygen atoms in total. The Hall–Kier alpha value is -1.38. The van der Waals surface area contributed by atoms with E-state index in [4.69, 9.17) is 9.84 Å². The average Bonchev–Trinajstić information content (AvgIpc) is 2.65. The molecule has 0 saturated carbocycles. The maximum absolute atomic E-state index is 11.6. The van der Waals surface area contributed by atoms with Crippen molar-refractivity contribution in [1.82, 2.24) is 15.1 Å². The molecule has 0 aromatic carbocycles. The van der Waals surface area contributed by atoms with E-state index in [0.717, 1.165) is 0 Å².